The Hall–Kier alpha value is -0.120. The average Bonchev–Trinajstić information content (AvgIpc) is 2.65. The fourth-order valence-corrected chi connectivity index (χ4v) is 3.86. The van der Waals surface area contributed by atoms with Crippen LogP contribution >= 0.6 is 0 Å². The lowest BCUT2D eigenvalue weighted by atomic mass is 9.85. The molecule has 0 aromatic rings. The van der Waals surface area contributed by atoms with Gasteiger partial charge in [0, 0.05) is 18.1 Å². The molecule has 1 aliphatic heterocycles. The van der Waals surface area contributed by atoms with Crippen LogP contribution in [-0.4, -0.2) is 55.1 Å². The highest BCUT2D eigenvalue weighted by atomic mass is 15.2. The van der Waals surface area contributed by atoms with E-state index in [9.17, 15) is 0 Å². The van der Waals surface area contributed by atoms with Crippen molar-refractivity contribution in [1.82, 2.24) is 9.80 Å². The first-order chi connectivity index (χ1) is 8.68. The Balaban J connectivity index is 2.01. The number of hydrogen-bond donors (Lipinski definition) is 1. The van der Waals surface area contributed by atoms with Crippen LogP contribution in [0.25, 0.3) is 0 Å². The lowest BCUT2D eigenvalue weighted by Gasteiger charge is -2.47. The van der Waals surface area contributed by atoms with E-state index < -0.39 is 0 Å². The number of piperidine rings is 1. The molecule has 0 unspecified atom stereocenters. The molecule has 106 valence electrons. The number of nitrogens with two attached hydrogens (primary N) is 1. The van der Waals surface area contributed by atoms with Gasteiger partial charge in [0.25, 0.3) is 0 Å². The van der Waals surface area contributed by atoms with E-state index in [0.717, 1.165) is 12.6 Å². The van der Waals surface area contributed by atoms with Crippen LogP contribution in [0.4, 0.5) is 0 Å². The van der Waals surface area contributed by atoms with Crippen molar-refractivity contribution in [3.05, 3.63) is 0 Å². The topological polar surface area (TPSA) is 32.5 Å². The predicted molar refractivity (Wildman–Crippen MR) is 77.8 cm³/mol. The van der Waals surface area contributed by atoms with Gasteiger partial charge in [0.15, 0.2) is 0 Å². The summed E-state index contributed by atoms with van der Waals surface area (Å²) in [5, 5.41) is 0. The van der Waals surface area contributed by atoms with Gasteiger partial charge < -0.3 is 10.6 Å². The van der Waals surface area contributed by atoms with Gasteiger partial charge >= 0.3 is 0 Å². The molecule has 2 fully saturated rings. The van der Waals surface area contributed by atoms with Crippen LogP contribution in [0.5, 0.6) is 0 Å². The maximum Gasteiger partial charge on any atom is 0.0331 e. The van der Waals surface area contributed by atoms with Crippen molar-refractivity contribution in [1.29, 1.82) is 0 Å². The predicted octanol–water partition coefficient (Wildman–Crippen LogP) is 2.06. The van der Waals surface area contributed by atoms with Gasteiger partial charge in [-0.25, -0.2) is 0 Å². The molecule has 0 amide bonds. The molecule has 2 N–H and O–H groups in total. The largest absolute Gasteiger partial charge is 0.329 e. The maximum atomic E-state index is 6.19. The smallest absolute Gasteiger partial charge is 0.0331 e. The molecule has 3 heteroatoms. The van der Waals surface area contributed by atoms with Crippen LogP contribution < -0.4 is 5.73 Å². The van der Waals surface area contributed by atoms with Gasteiger partial charge in [-0.2, -0.15) is 0 Å². The molecule has 2 rings (SSSR count). The molecule has 0 spiro atoms. The van der Waals surface area contributed by atoms with Gasteiger partial charge in [0.05, 0.1) is 0 Å². The third kappa shape index (κ3) is 3.06. The molecule has 1 heterocycles. The standard InChI is InChI=1S/C15H31N3/c1-17-11-7-14(8-12-17)18(2)15(13-16)9-5-3-4-6-10-15/h14H,3-13,16H2,1-2H3. The minimum atomic E-state index is 0.303. The molecule has 2 aliphatic rings. The second-order valence-electron chi connectivity index (χ2n) is 6.49. The van der Waals surface area contributed by atoms with E-state index in [1.165, 1.54) is 64.5 Å². The maximum absolute atomic E-state index is 6.19. The van der Waals surface area contributed by atoms with E-state index >= 15 is 0 Å². The second kappa shape index (κ2) is 6.36. The third-order valence-electron chi connectivity index (χ3n) is 5.40. The molecule has 0 bridgehead atoms. The van der Waals surface area contributed by atoms with E-state index in [1.807, 2.05) is 0 Å². The number of nitrogens with zero attached hydrogens (tertiary/aromatic N) is 2. The quantitative estimate of drug-likeness (QED) is 0.782. The van der Waals surface area contributed by atoms with Crippen LogP contribution in [0.1, 0.15) is 51.4 Å². The first-order valence-electron chi connectivity index (χ1n) is 7.79. The Morgan fingerprint density at radius 2 is 1.67 bits per heavy atom. The number of rotatable bonds is 3. The van der Waals surface area contributed by atoms with E-state index in [-0.39, 0.29) is 0 Å². The molecule has 0 aromatic carbocycles. The molecule has 0 atom stereocenters. The molecule has 3 nitrogen and oxygen atoms in total. The van der Waals surface area contributed by atoms with Crippen LogP contribution in [0, 0.1) is 0 Å². The Morgan fingerprint density at radius 1 is 1.11 bits per heavy atom. The van der Waals surface area contributed by atoms with Crippen LogP contribution in [0.3, 0.4) is 0 Å². The first-order valence-corrected chi connectivity index (χ1v) is 7.79. The van der Waals surface area contributed by atoms with Crippen molar-refractivity contribution >= 4 is 0 Å². The highest BCUT2D eigenvalue weighted by Crippen LogP contribution is 2.34. The number of likely N-dealkylation sites (tertiary alicyclic amines) is 1. The Morgan fingerprint density at radius 3 is 2.17 bits per heavy atom. The van der Waals surface area contributed by atoms with Crippen molar-refractivity contribution in [2.24, 2.45) is 5.73 Å². The number of likely N-dealkylation sites (N-methyl/N-ethyl adjacent to an activating group) is 1. The monoisotopic (exact) mass is 253 g/mol. The van der Waals surface area contributed by atoms with Crippen molar-refractivity contribution in [2.75, 3.05) is 33.7 Å². The molecule has 1 aliphatic carbocycles. The van der Waals surface area contributed by atoms with E-state index in [0.29, 0.717) is 5.54 Å². The van der Waals surface area contributed by atoms with Gasteiger partial charge in [-0.05, 0) is 52.9 Å². The highest BCUT2D eigenvalue weighted by Gasteiger charge is 2.37. The van der Waals surface area contributed by atoms with E-state index in [2.05, 4.69) is 23.9 Å². The zero-order valence-electron chi connectivity index (χ0n) is 12.3. The minimum Gasteiger partial charge on any atom is -0.329 e. The van der Waals surface area contributed by atoms with Crippen LogP contribution in [0.2, 0.25) is 0 Å². The molecular formula is C15H31N3. The summed E-state index contributed by atoms with van der Waals surface area (Å²) >= 11 is 0. The zero-order chi connectivity index (χ0) is 13.0. The summed E-state index contributed by atoms with van der Waals surface area (Å²) in [5.41, 5.74) is 6.49. The Kier molecular flexibility index (Phi) is 5.05. The highest BCUT2D eigenvalue weighted by molar-refractivity contribution is 4.95. The van der Waals surface area contributed by atoms with E-state index in [4.69, 9.17) is 5.73 Å². The number of hydrogen-bond acceptors (Lipinski definition) is 3. The third-order valence-corrected chi connectivity index (χ3v) is 5.40. The van der Waals surface area contributed by atoms with Crippen molar-refractivity contribution in [3.63, 3.8) is 0 Å². The fourth-order valence-electron chi connectivity index (χ4n) is 3.86. The second-order valence-corrected chi connectivity index (χ2v) is 6.49. The first kappa shape index (κ1) is 14.3. The molecular weight excluding hydrogens is 222 g/mol. The molecule has 1 saturated heterocycles. The molecule has 1 saturated carbocycles. The summed E-state index contributed by atoms with van der Waals surface area (Å²) in [5.74, 6) is 0. The summed E-state index contributed by atoms with van der Waals surface area (Å²) in [6, 6.07) is 0.753. The Bertz CT molecular complexity index is 238. The van der Waals surface area contributed by atoms with Gasteiger partial charge in [0.2, 0.25) is 0 Å². The summed E-state index contributed by atoms with van der Waals surface area (Å²) in [6.45, 7) is 3.33. The van der Waals surface area contributed by atoms with Crippen LogP contribution in [-0.2, 0) is 0 Å². The summed E-state index contributed by atoms with van der Waals surface area (Å²) in [7, 11) is 4.58. The summed E-state index contributed by atoms with van der Waals surface area (Å²) in [6.07, 6.45) is 10.8. The molecule has 18 heavy (non-hydrogen) atoms. The lowest BCUT2D eigenvalue weighted by molar-refractivity contribution is 0.0329. The lowest BCUT2D eigenvalue weighted by Crippen LogP contribution is -2.57. The minimum absolute atomic E-state index is 0.303. The SMILES string of the molecule is CN1CCC(N(C)C2(CN)CCCCCC2)CC1. The van der Waals surface area contributed by atoms with E-state index in [1.54, 1.807) is 0 Å². The van der Waals surface area contributed by atoms with Gasteiger partial charge in [0.1, 0.15) is 0 Å². The van der Waals surface area contributed by atoms with Crippen LogP contribution in [0.15, 0.2) is 0 Å². The average molecular weight is 253 g/mol. The van der Waals surface area contributed by atoms with Gasteiger partial charge in [-0.3, -0.25) is 4.90 Å². The summed E-state index contributed by atoms with van der Waals surface area (Å²) in [4.78, 5) is 5.12. The Labute approximate surface area is 113 Å². The van der Waals surface area contributed by atoms with Crippen molar-refractivity contribution in [3.8, 4) is 0 Å². The van der Waals surface area contributed by atoms with Gasteiger partial charge in [-0.1, -0.05) is 25.7 Å². The molecule has 0 radical (unpaired) electrons. The fraction of sp³-hybridized carbons (Fsp3) is 1.00. The normalized spacial score (nSPS) is 27.3. The van der Waals surface area contributed by atoms with Crippen molar-refractivity contribution in [2.45, 2.75) is 62.9 Å². The van der Waals surface area contributed by atoms with Crippen molar-refractivity contribution < 1.29 is 0 Å². The zero-order valence-corrected chi connectivity index (χ0v) is 12.3. The summed E-state index contributed by atoms with van der Waals surface area (Å²) < 4.78 is 0. The molecule has 0 aromatic heterocycles. The van der Waals surface area contributed by atoms with Gasteiger partial charge in [-0.15, -0.1) is 0 Å².